The number of aryl methyl sites for hydroxylation is 1. The first-order chi connectivity index (χ1) is 11.7. The van der Waals surface area contributed by atoms with E-state index >= 15 is 0 Å². The standard InChI is InChI=1S/C18H24N4OS/c1-3-14-11-15(23-22-14)12-20-17(19-2)21-13-18(9-10-18)24-16-7-5-4-6-8-16/h4-8,11H,3,9-10,12-13H2,1-2H3,(H2,19,20,21). The van der Waals surface area contributed by atoms with Crippen LogP contribution >= 0.6 is 11.8 Å². The lowest BCUT2D eigenvalue weighted by Gasteiger charge is -2.18. The maximum Gasteiger partial charge on any atom is 0.191 e. The van der Waals surface area contributed by atoms with Gasteiger partial charge in [-0.3, -0.25) is 4.99 Å². The third-order valence-corrected chi connectivity index (χ3v) is 5.58. The maximum absolute atomic E-state index is 5.29. The molecule has 1 aliphatic rings. The van der Waals surface area contributed by atoms with E-state index in [1.54, 1.807) is 7.05 Å². The van der Waals surface area contributed by atoms with Crippen molar-refractivity contribution in [1.29, 1.82) is 0 Å². The molecule has 1 aromatic carbocycles. The zero-order chi connectivity index (χ0) is 16.8. The highest BCUT2D eigenvalue weighted by molar-refractivity contribution is 8.01. The molecule has 0 aliphatic heterocycles. The van der Waals surface area contributed by atoms with Gasteiger partial charge in [0.2, 0.25) is 0 Å². The molecule has 24 heavy (non-hydrogen) atoms. The van der Waals surface area contributed by atoms with Crippen molar-refractivity contribution >= 4 is 17.7 Å². The Morgan fingerprint density at radius 2 is 2.08 bits per heavy atom. The molecule has 0 radical (unpaired) electrons. The Morgan fingerprint density at radius 3 is 2.71 bits per heavy atom. The molecule has 0 saturated heterocycles. The van der Waals surface area contributed by atoms with E-state index in [9.17, 15) is 0 Å². The van der Waals surface area contributed by atoms with Gasteiger partial charge in [0, 0.05) is 29.3 Å². The SMILES string of the molecule is CCc1cc(CNC(=NC)NCC2(Sc3ccccc3)CC2)on1. The minimum atomic E-state index is 0.292. The van der Waals surface area contributed by atoms with E-state index in [1.807, 2.05) is 17.8 Å². The monoisotopic (exact) mass is 344 g/mol. The highest BCUT2D eigenvalue weighted by Gasteiger charge is 2.43. The van der Waals surface area contributed by atoms with Gasteiger partial charge in [-0.05, 0) is 31.4 Å². The van der Waals surface area contributed by atoms with E-state index < -0.39 is 0 Å². The normalized spacial score (nSPS) is 16.0. The van der Waals surface area contributed by atoms with Crippen LogP contribution in [0.3, 0.4) is 0 Å². The summed E-state index contributed by atoms with van der Waals surface area (Å²) in [4.78, 5) is 5.62. The van der Waals surface area contributed by atoms with Crippen LogP contribution in [0.15, 0.2) is 50.8 Å². The van der Waals surface area contributed by atoms with E-state index in [0.29, 0.717) is 11.3 Å². The lowest BCUT2D eigenvalue weighted by atomic mass is 10.3. The quantitative estimate of drug-likeness (QED) is 0.596. The summed E-state index contributed by atoms with van der Waals surface area (Å²) in [6.07, 6.45) is 3.35. The van der Waals surface area contributed by atoms with Crippen LogP contribution in [-0.2, 0) is 13.0 Å². The van der Waals surface area contributed by atoms with Gasteiger partial charge >= 0.3 is 0 Å². The van der Waals surface area contributed by atoms with Crippen molar-refractivity contribution in [2.24, 2.45) is 4.99 Å². The van der Waals surface area contributed by atoms with Gasteiger partial charge in [0.15, 0.2) is 11.7 Å². The molecule has 2 aromatic rings. The number of guanidine groups is 1. The number of nitrogens with zero attached hydrogens (tertiary/aromatic N) is 2. The van der Waals surface area contributed by atoms with Gasteiger partial charge in [-0.15, -0.1) is 11.8 Å². The number of rotatable bonds is 7. The first-order valence-corrected chi connectivity index (χ1v) is 9.18. The Hall–Kier alpha value is -1.95. The molecule has 6 heteroatoms. The minimum Gasteiger partial charge on any atom is -0.359 e. The van der Waals surface area contributed by atoms with Gasteiger partial charge < -0.3 is 15.2 Å². The second kappa shape index (κ2) is 7.75. The molecule has 5 nitrogen and oxygen atoms in total. The average molecular weight is 344 g/mol. The molecule has 1 heterocycles. The van der Waals surface area contributed by atoms with Gasteiger partial charge in [0.1, 0.15) is 0 Å². The van der Waals surface area contributed by atoms with Gasteiger partial charge in [-0.1, -0.05) is 30.3 Å². The van der Waals surface area contributed by atoms with Crippen molar-refractivity contribution < 1.29 is 4.52 Å². The molecule has 0 unspecified atom stereocenters. The third kappa shape index (κ3) is 4.54. The Balaban J connectivity index is 1.47. The van der Waals surface area contributed by atoms with Crippen LogP contribution in [0.1, 0.15) is 31.2 Å². The first-order valence-electron chi connectivity index (χ1n) is 8.36. The summed E-state index contributed by atoms with van der Waals surface area (Å²) in [5, 5.41) is 10.7. The summed E-state index contributed by atoms with van der Waals surface area (Å²) < 4.78 is 5.58. The van der Waals surface area contributed by atoms with E-state index in [4.69, 9.17) is 4.52 Å². The minimum absolute atomic E-state index is 0.292. The molecular weight excluding hydrogens is 320 g/mol. The summed E-state index contributed by atoms with van der Waals surface area (Å²) in [7, 11) is 1.79. The van der Waals surface area contributed by atoms with Gasteiger partial charge in [-0.25, -0.2) is 0 Å². The first kappa shape index (κ1) is 16.9. The van der Waals surface area contributed by atoms with E-state index in [0.717, 1.165) is 30.4 Å². The van der Waals surface area contributed by atoms with E-state index in [1.165, 1.54) is 17.7 Å². The fourth-order valence-electron chi connectivity index (χ4n) is 2.43. The fraction of sp³-hybridized carbons (Fsp3) is 0.444. The second-order valence-electron chi connectivity index (χ2n) is 6.02. The summed E-state index contributed by atoms with van der Waals surface area (Å²) in [6, 6.07) is 12.6. The molecule has 1 aromatic heterocycles. The number of aromatic nitrogens is 1. The summed E-state index contributed by atoms with van der Waals surface area (Å²) in [5.74, 6) is 1.62. The Kier molecular flexibility index (Phi) is 5.45. The van der Waals surface area contributed by atoms with Crippen LogP contribution in [0.4, 0.5) is 0 Å². The molecular formula is C18H24N4OS. The second-order valence-corrected chi connectivity index (χ2v) is 7.56. The van der Waals surface area contributed by atoms with Crippen LogP contribution in [-0.4, -0.2) is 29.5 Å². The number of hydrogen-bond acceptors (Lipinski definition) is 4. The van der Waals surface area contributed by atoms with Crippen molar-refractivity contribution in [2.75, 3.05) is 13.6 Å². The maximum atomic E-state index is 5.29. The van der Waals surface area contributed by atoms with Crippen LogP contribution in [0.5, 0.6) is 0 Å². The van der Waals surface area contributed by atoms with E-state index in [2.05, 4.69) is 58.0 Å². The molecule has 0 amide bonds. The zero-order valence-corrected chi connectivity index (χ0v) is 15.0. The van der Waals surface area contributed by atoms with Crippen molar-refractivity contribution in [3.63, 3.8) is 0 Å². The molecule has 1 aliphatic carbocycles. The van der Waals surface area contributed by atoms with Crippen molar-refractivity contribution in [3.05, 3.63) is 47.9 Å². The summed E-state index contributed by atoms with van der Waals surface area (Å²) in [5.41, 5.74) is 0.978. The Bertz CT molecular complexity index is 679. The third-order valence-electron chi connectivity index (χ3n) is 4.09. The fourth-order valence-corrected chi connectivity index (χ4v) is 3.68. The lowest BCUT2D eigenvalue weighted by Crippen LogP contribution is -2.40. The molecule has 0 atom stereocenters. The predicted molar refractivity (Wildman–Crippen MR) is 98.3 cm³/mol. The molecule has 1 saturated carbocycles. The highest BCUT2D eigenvalue weighted by Crippen LogP contribution is 2.51. The molecule has 3 rings (SSSR count). The molecule has 128 valence electrons. The molecule has 2 N–H and O–H groups in total. The number of benzene rings is 1. The van der Waals surface area contributed by atoms with Gasteiger partial charge in [0.25, 0.3) is 0 Å². The van der Waals surface area contributed by atoms with Gasteiger partial charge in [0.05, 0.1) is 12.2 Å². The predicted octanol–water partition coefficient (Wildman–Crippen LogP) is 3.23. The molecule has 1 fully saturated rings. The summed E-state index contributed by atoms with van der Waals surface area (Å²) >= 11 is 1.96. The Morgan fingerprint density at radius 1 is 1.29 bits per heavy atom. The largest absolute Gasteiger partial charge is 0.359 e. The molecule has 0 bridgehead atoms. The topological polar surface area (TPSA) is 62.5 Å². The van der Waals surface area contributed by atoms with Crippen molar-refractivity contribution in [2.45, 2.75) is 42.4 Å². The highest BCUT2D eigenvalue weighted by atomic mass is 32.2. The molecule has 0 spiro atoms. The summed E-state index contributed by atoms with van der Waals surface area (Å²) in [6.45, 7) is 3.56. The van der Waals surface area contributed by atoms with Crippen LogP contribution in [0.2, 0.25) is 0 Å². The van der Waals surface area contributed by atoms with Crippen LogP contribution in [0.25, 0.3) is 0 Å². The average Bonchev–Trinajstić information content (AvgIpc) is 3.21. The van der Waals surface area contributed by atoms with E-state index in [-0.39, 0.29) is 0 Å². The number of nitrogens with one attached hydrogen (secondary N) is 2. The van der Waals surface area contributed by atoms with Crippen LogP contribution < -0.4 is 10.6 Å². The number of hydrogen-bond donors (Lipinski definition) is 2. The zero-order valence-electron chi connectivity index (χ0n) is 14.2. The lowest BCUT2D eigenvalue weighted by molar-refractivity contribution is 0.374. The van der Waals surface area contributed by atoms with Crippen molar-refractivity contribution in [3.8, 4) is 0 Å². The smallest absolute Gasteiger partial charge is 0.191 e. The number of aliphatic imine (C=N–C) groups is 1. The van der Waals surface area contributed by atoms with Crippen LogP contribution in [0, 0.1) is 0 Å². The van der Waals surface area contributed by atoms with Crippen molar-refractivity contribution in [1.82, 2.24) is 15.8 Å². The Labute approximate surface area is 147 Å². The number of thioether (sulfide) groups is 1. The van der Waals surface area contributed by atoms with Gasteiger partial charge in [-0.2, -0.15) is 0 Å².